The zero-order valence-corrected chi connectivity index (χ0v) is 10.7. The van der Waals surface area contributed by atoms with Crippen LogP contribution < -0.4 is 4.74 Å². The van der Waals surface area contributed by atoms with E-state index in [0.717, 1.165) is 6.07 Å². The molecule has 100 valence electrons. The number of alkyl halides is 5. The molecule has 0 heterocycles. The Morgan fingerprint density at radius 2 is 2.06 bits per heavy atom. The average Bonchev–Trinajstić information content (AvgIpc) is 2.25. The quantitative estimate of drug-likeness (QED) is 0.779. The summed E-state index contributed by atoms with van der Waals surface area (Å²) < 4.78 is 40.4. The van der Waals surface area contributed by atoms with Crippen LogP contribution in [0.25, 0.3) is 0 Å². The van der Waals surface area contributed by atoms with Crippen LogP contribution in [0, 0.1) is 0 Å². The van der Waals surface area contributed by atoms with Crippen LogP contribution in [-0.4, -0.2) is 12.1 Å². The maximum Gasteiger partial charge on any atom is 0.573 e. The van der Waals surface area contributed by atoms with E-state index in [1.165, 1.54) is 19.1 Å². The van der Waals surface area contributed by atoms with Gasteiger partial charge in [0, 0.05) is 5.56 Å². The monoisotopic (exact) mass is 300 g/mol. The van der Waals surface area contributed by atoms with Crippen molar-refractivity contribution >= 4 is 29.0 Å². The van der Waals surface area contributed by atoms with Crippen LogP contribution in [0.4, 0.5) is 13.2 Å². The Morgan fingerprint density at radius 3 is 2.50 bits per heavy atom. The maximum atomic E-state index is 12.2. The molecule has 1 aromatic carbocycles. The van der Waals surface area contributed by atoms with Crippen molar-refractivity contribution in [2.75, 3.05) is 0 Å². The number of benzene rings is 1. The number of carbonyl (C=O) groups excluding carboxylic acids is 1. The third-order valence-corrected chi connectivity index (χ3v) is 2.96. The third-order valence-electron chi connectivity index (χ3n) is 2.11. The van der Waals surface area contributed by atoms with E-state index in [2.05, 4.69) is 4.74 Å². The molecule has 0 saturated heterocycles. The van der Waals surface area contributed by atoms with Crippen molar-refractivity contribution in [3.05, 3.63) is 29.3 Å². The van der Waals surface area contributed by atoms with Gasteiger partial charge in [0.05, 0.1) is 5.88 Å². The summed E-state index contributed by atoms with van der Waals surface area (Å²) in [6.45, 7) is 1.25. The van der Waals surface area contributed by atoms with Gasteiger partial charge in [-0.1, -0.05) is 12.1 Å². The summed E-state index contributed by atoms with van der Waals surface area (Å²) in [7, 11) is 0. The predicted octanol–water partition coefficient (Wildman–Crippen LogP) is 4.19. The minimum Gasteiger partial charge on any atom is -0.405 e. The molecule has 2 nitrogen and oxygen atoms in total. The molecule has 0 fully saturated rings. The first-order chi connectivity index (χ1) is 8.24. The van der Waals surface area contributed by atoms with Gasteiger partial charge >= 0.3 is 6.36 Å². The molecule has 0 saturated carbocycles. The summed E-state index contributed by atoms with van der Waals surface area (Å²) in [6.07, 6.45) is -4.82. The maximum absolute atomic E-state index is 12.2. The fourth-order valence-corrected chi connectivity index (χ4v) is 1.65. The second-order valence-electron chi connectivity index (χ2n) is 3.52. The Kier molecular flexibility index (Phi) is 4.87. The van der Waals surface area contributed by atoms with Gasteiger partial charge in [0.1, 0.15) is 11.1 Å². The van der Waals surface area contributed by atoms with Gasteiger partial charge in [-0.15, -0.1) is 36.4 Å². The number of ether oxygens (including phenoxy) is 1. The van der Waals surface area contributed by atoms with Gasteiger partial charge < -0.3 is 4.74 Å². The van der Waals surface area contributed by atoms with Gasteiger partial charge in [0.2, 0.25) is 0 Å². The highest BCUT2D eigenvalue weighted by Crippen LogP contribution is 2.32. The van der Waals surface area contributed by atoms with E-state index < -0.39 is 17.5 Å². The number of Topliss-reactive ketones (excluding diaryl/α,β-unsaturated/α-hetero) is 1. The SMILES string of the molecule is CC(=O)C(Cl)c1ccc(CCl)c(OC(F)(F)F)c1. The lowest BCUT2D eigenvalue weighted by Crippen LogP contribution is -2.18. The minimum atomic E-state index is -4.82. The molecular weight excluding hydrogens is 292 g/mol. The van der Waals surface area contributed by atoms with Crippen LogP contribution >= 0.6 is 23.2 Å². The van der Waals surface area contributed by atoms with Crippen molar-refractivity contribution in [2.45, 2.75) is 24.5 Å². The highest BCUT2D eigenvalue weighted by molar-refractivity contribution is 6.30. The molecule has 0 radical (unpaired) electrons. The molecule has 0 aliphatic heterocycles. The first-order valence-electron chi connectivity index (χ1n) is 4.83. The number of hydrogen-bond acceptors (Lipinski definition) is 2. The predicted molar refractivity (Wildman–Crippen MR) is 62.0 cm³/mol. The zero-order valence-electron chi connectivity index (χ0n) is 9.22. The van der Waals surface area contributed by atoms with E-state index in [9.17, 15) is 18.0 Å². The van der Waals surface area contributed by atoms with E-state index in [4.69, 9.17) is 23.2 Å². The second-order valence-corrected chi connectivity index (χ2v) is 4.23. The number of ketones is 1. The lowest BCUT2D eigenvalue weighted by molar-refractivity contribution is -0.274. The summed E-state index contributed by atoms with van der Waals surface area (Å²) in [6, 6.07) is 3.87. The van der Waals surface area contributed by atoms with Gasteiger partial charge in [-0.3, -0.25) is 4.79 Å². The highest BCUT2D eigenvalue weighted by atomic mass is 35.5. The summed E-state index contributed by atoms with van der Waals surface area (Å²) in [5.74, 6) is -0.950. The molecule has 1 unspecified atom stereocenters. The Hall–Kier alpha value is -0.940. The van der Waals surface area contributed by atoms with Crippen LogP contribution in [0.1, 0.15) is 23.4 Å². The Bertz CT molecular complexity index is 446. The van der Waals surface area contributed by atoms with E-state index >= 15 is 0 Å². The number of carbonyl (C=O) groups is 1. The zero-order chi connectivity index (χ0) is 13.9. The molecule has 0 N–H and O–H groups in total. The lowest BCUT2D eigenvalue weighted by atomic mass is 10.1. The number of rotatable bonds is 4. The Labute approximate surface area is 112 Å². The molecule has 1 atom stereocenters. The van der Waals surface area contributed by atoms with Crippen LogP contribution in [0.3, 0.4) is 0 Å². The molecule has 0 aliphatic rings. The van der Waals surface area contributed by atoms with Crippen LogP contribution in [0.2, 0.25) is 0 Å². The topological polar surface area (TPSA) is 26.3 Å². The van der Waals surface area contributed by atoms with Crippen LogP contribution in [0.5, 0.6) is 5.75 Å². The normalized spacial score (nSPS) is 13.2. The first kappa shape index (κ1) is 15.1. The van der Waals surface area contributed by atoms with E-state index in [1.807, 2.05) is 0 Å². The number of hydrogen-bond donors (Lipinski definition) is 0. The van der Waals surface area contributed by atoms with Gasteiger partial charge in [-0.05, 0) is 18.6 Å². The second kappa shape index (κ2) is 5.80. The lowest BCUT2D eigenvalue weighted by Gasteiger charge is -2.14. The fourth-order valence-electron chi connectivity index (χ4n) is 1.29. The fraction of sp³-hybridized carbons (Fsp3) is 0.364. The van der Waals surface area contributed by atoms with Crippen molar-refractivity contribution in [1.29, 1.82) is 0 Å². The molecule has 0 aromatic heterocycles. The average molecular weight is 301 g/mol. The standard InChI is InChI=1S/C11H9Cl2F3O2/c1-6(17)10(13)7-2-3-8(5-12)9(4-7)18-11(14,15)16/h2-4,10H,5H2,1H3. The van der Waals surface area contributed by atoms with Crippen molar-refractivity contribution in [3.63, 3.8) is 0 Å². The molecule has 1 rings (SSSR count). The van der Waals surface area contributed by atoms with Gasteiger partial charge in [-0.25, -0.2) is 0 Å². The minimum absolute atomic E-state index is 0.140. The molecule has 0 aliphatic carbocycles. The molecular formula is C11H9Cl2F3O2. The number of halogens is 5. The van der Waals surface area contributed by atoms with Crippen LogP contribution in [0.15, 0.2) is 18.2 Å². The third kappa shape index (κ3) is 4.07. The molecule has 0 spiro atoms. The summed E-state index contributed by atoms with van der Waals surface area (Å²) >= 11 is 11.3. The first-order valence-corrected chi connectivity index (χ1v) is 5.80. The van der Waals surface area contributed by atoms with Gasteiger partial charge in [0.25, 0.3) is 0 Å². The summed E-state index contributed by atoms with van der Waals surface area (Å²) in [5.41, 5.74) is 0.405. The van der Waals surface area contributed by atoms with E-state index in [-0.39, 0.29) is 22.8 Å². The smallest absolute Gasteiger partial charge is 0.405 e. The van der Waals surface area contributed by atoms with Crippen molar-refractivity contribution in [2.24, 2.45) is 0 Å². The molecule has 0 bridgehead atoms. The highest BCUT2D eigenvalue weighted by Gasteiger charge is 2.32. The largest absolute Gasteiger partial charge is 0.573 e. The molecule has 18 heavy (non-hydrogen) atoms. The Morgan fingerprint density at radius 1 is 1.44 bits per heavy atom. The summed E-state index contributed by atoms with van der Waals surface area (Å²) in [4.78, 5) is 11.1. The molecule has 1 aromatic rings. The molecule has 7 heteroatoms. The van der Waals surface area contributed by atoms with E-state index in [0.29, 0.717) is 0 Å². The van der Waals surface area contributed by atoms with Crippen LogP contribution in [-0.2, 0) is 10.7 Å². The van der Waals surface area contributed by atoms with Crippen molar-refractivity contribution in [3.8, 4) is 5.75 Å². The van der Waals surface area contributed by atoms with Gasteiger partial charge in [-0.2, -0.15) is 0 Å². The Balaban J connectivity index is 3.13. The van der Waals surface area contributed by atoms with E-state index in [1.54, 1.807) is 0 Å². The van der Waals surface area contributed by atoms with Crippen molar-refractivity contribution in [1.82, 2.24) is 0 Å². The van der Waals surface area contributed by atoms with Crippen molar-refractivity contribution < 1.29 is 22.7 Å². The summed E-state index contributed by atoms with van der Waals surface area (Å²) in [5, 5.41) is -1.01. The van der Waals surface area contributed by atoms with Gasteiger partial charge in [0.15, 0.2) is 5.78 Å². The molecule has 0 amide bonds.